The molecule has 3 aromatic rings. The second-order valence-electron chi connectivity index (χ2n) is 12.2. The first kappa shape index (κ1) is 32.1. The standard InChI is InChI=1S/C34H33F2N3O8S/c1-44-27(41)16-34(11-4-5-12-34)33(43)47-19-46-31-24(40)10-13-38-30(31)32(42)37-14-15-45-17-26(37)39(38)29-20-8-9-23(35)28(36)22(20)18-48-25-7-3-2-6-21(25)29/h2-3,6-10,13,26,29H,4-5,11-12,14-19H2,1H3/t26-,29+/m1/s1. The summed E-state index contributed by atoms with van der Waals surface area (Å²) in [5, 5.41) is 1.83. The van der Waals surface area contributed by atoms with Gasteiger partial charge in [-0.15, -0.1) is 11.8 Å². The number of rotatable bonds is 7. The summed E-state index contributed by atoms with van der Waals surface area (Å²) in [7, 11) is 1.25. The predicted molar refractivity (Wildman–Crippen MR) is 168 cm³/mol. The molecule has 252 valence electrons. The van der Waals surface area contributed by atoms with Gasteiger partial charge in [-0.05, 0) is 36.1 Å². The smallest absolute Gasteiger partial charge is 0.315 e. The van der Waals surface area contributed by atoms with E-state index >= 15 is 4.39 Å². The Balaban J connectivity index is 1.30. The summed E-state index contributed by atoms with van der Waals surface area (Å²) >= 11 is 1.38. The van der Waals surface area contributed by atoms with Crippen LogP contribution in [0.25, 0.3) is 0 Å². The third-order valence-electron chi connectivity index (χ3n) is 9.63. The van der Waals surface area contributed by atoms with Gasteiger partial charge in [-0.25, -0.2) is 8.78 Å². The van der Waals surface area contributed by atoms with Gasteiger partial charge in [0.25, 0.3) is 5.91 Å². The highest BCUT2D eigenvalue weighted by molar-refractivity contribution is 7.98. The van der Waals surface area contributed by atoms with Crippen molar-refractivity contribution in [1.29, 1.82) is 0 Å². The molecule has 1 saturated heterocycles. The molecule has 1 amide bonds. The van der Waals surface area contributed by atoms with Crippen LogP contribution in [0, 0.1) is 17.0 Å². The number of amides is 1. The van der Waals surface area contributed by atoms with Crippen LogP contribution in [0.3, 0.4) is 0 Å². The summed E-state index contributed by atoms with van der Waals surface area (Å²) in [6, 6.07) is 10.7. The van der Waals surface area contributed by atoms with E-state index in [1.165, 1.54) is 35.8 Å². The van der Waals surface area contributed by atoms with Crippen molar-refractivity contribution in [3.63, 3.8) is 0 Å². The second-order valence-corrected chi connectivity index (χ2v) is 13.2. The Labute approximate surface area is 278 Å². The number of aromatic nitrogens is 1. The predicted octanol–water partition coefficient (Wildman–Crippen LogP) is 4.27. The van der Waals surface area contributed by atoms with Crippen molar-refractivity contribution < 1.29 is 42.1 Å². The number of fused-ring (bicyclic) bond motifs is 4. The van der Waals surface area contributed by atoms with E-state index in [1.807, 2.05) is 29.3 Å². The SMILES string of the molecule is COC(=O)CC1(C(=O)OCOc2c3n(ccc2=O)N([C@@H]2c4ccccc4SCc4c2ccc(F)c4F)[C@@H]2COCCN2C3=O)CCCC1. The Hall–Kier alpha value is -4.43. The van der Waals surface area contributed by atoms with Crippen molar-refractivity contribution in [1.82, 2.24) is 9.58 Å². The van der Waals surface area contributed by atoms with Crippen LogP contribution < -0.4 is 15.2 Å². The van der Waals surface area contributed by atoms with E-state index in [0.29, 0.717) is 18.4 Å². The molecule has 3 aliphatic heterocycles. The van der Waals surface area contributed by atoms with Crippen LogP contribution >= 0.6 is 11.8 Å². The van der Waals surface area contributed by atoms with Crippen LogP contribution in [-0.4, -0.2) is 67.2 Å². The van der Waals surface area contributed by atoms with Crippen molar-refractivity contribution in [2.75, 3.05) is 38.7 Å². The van der Waals surface area contributed by atoms with E-state index < -0.39 is 59.3 Å². The first-order chi connectivity index (χ1) is 23.2. The molecular weight excluding hydrogens is 648 g/mol. The summed E-state index contributed by atoms with van der Waals surface area (Å²) in [4.78, 5) is 55.3. The van der Waals surface area contributed by atoms with Crippen molar-refractivity contribution in [3.8, 4) is 5.75 Å². The lowest BCUT2D eigenvalue weighted by atomic mass is 9.83. The molecular formula is C34H33F2N3O8S. The van der Waals surface area contributed by atoms with E-state index in [0.717, 1.165) is 29.4 Å². The fourth-order valence-electron chi connectivity index (χ4n) is 7.26. The zero-order valence-corrected chi connectivity index (χ0v) is 26.9. The molecule has 0 spiro atoms. The van der Waals surface area contributed by atoms with Crippen LogP contribution in [0.1, 0.15) is 65.3 Å². The van der Waals surface area contributed by atoms with Crippen molar-refractivity contribution >= 4 is 29.6 Å². The van der Waals surface area contributed by atoms with E-state index in [9.17, 15) is 23.6 Å². The molecule has 0 radical (unpaired) electrons. The number of carbonyl (C=O) groups is 3. The molecule has 2 atom stereocenters. The van der Waals surface area contributed by atoms with Gasteiger partial charge in [0.05, 0.1) is 38.2 Å². The van der Waals surface area contributed by atoms with Crippen LogP contribution in [0.15, 0.2) is 58.4 Å². The summed E-state index contributed by atoms with van der Waals surface area (Å²) in [6.45, 7) is -0.125. The molecule has 11 nitrogen and oxygen atoms in total. The van der Waals surface area contributed by atoms with Crippen LogP contribution in [-0.2, 0) is 29.6 Å². The molecule has 2 fully saturated rings. The van der Waals surface area contributed by atoms with Gasteiger partial charge in [-0.1, -0.05) is 37.1 Å². The Kier molecular flexibility index (Phi) is 8.62. The van der Waals surface area contributed by atoms with Gasteiger partial charge >= 0.3 is 11.9 Å². The molecule has 14 heteroatoms. The summed E-state index contributed by atoms with van der Waals surface area (Å²) < 4.78 is 53.5. The molecule has 48 heavy (non-hydrogen) atoms. The Morgan fingerprint density at radius 2 is 1.85 bits per heavy atom. The largest absolute Gasteiger partial charge is 0.469 e. The molecule has 1 aromatic heterocycles. The van der Waals surface area contributed by atoms with Gasteiger partial charge in [0.1, 0.15) is 6.17 Å². The van der Waals surface area contributed by atoms with Gasteiger partial charge in [-0.2, -0.15) is 0 Å². The minimum Gasteiger partial charge on any atom is -0.469 e. The van der Waals surface area contributed by atoms with Crippen LogP contribution in [0.4, 0.5) is 8.78 Å². The zero-order valence-electron chi connectivity index (χ0n) is 26.1. The lowest BCUT2D eigenvalue weighted by Crippen LogP contribution is -2.66. The van der Waals surface area contributed by atoms with Gasteiger partial charge in [0.2, 0.25) is 18.0 Å². The van der Waals surface area contributed by atoms with Crippen molar-refractivity contribution in [2.45, 2.75) is 55.0 Å². The van der Waals surface area contributed by atoms with Gasteiger partial charge in [-0.3, -0.25) is 28.9 Å². The maximum atomic E-state index is 15.4. The molecule has 0 bridgehead atoms. The molecule has 4 aliphatic rings. The molecule has 4 heterocycles. The number of halogens is 2. The average Bonchev–Trinajstić information content (AvgIpc) is 3.51. The first-order valence-corrected chi connectivity index (χ1v) is 16.7. The first-order valence-electron chi connectivity index (χ1n) is 15.7. The number of pyridine rings is 1. The average molecular weight is 682 g/mol. The highest BCUT2D eigenvalue weighted by Gasteiger charge is 2.47. The Morgan fingerprint density at radius 3 is 2.65 bits per heavy atom. The molecule has 0 N–H and O–H groups in total. The zero-order chi connectivity index (χ0) is 33.6. The number of carbonyl (C=O) groups excluding carboxylic acids is 3. The fourth-order valence-corrected chi connectivity index (χ4v) is 8.37. The summed E-state index contributed by atoms with van der Waals surface area (Å²) in [5.74, 6) is -3.73. The minimum atomic E-state index is -1.05. The highest BCUT2D eigenvalue weighted by atomic mass is 32.2. The lowest BCUT2D eigenvalue weighted by Gasteiger charge is -2.51. The number of methoxy groups -OCH3 is 1. The normalized spacial score (nSPS) is 20.9. The number of esters is 2. The summed E-state index contributed by atoms with van der Waals surface area (Å²) in [5.41, 5.74) is -0.295. The quantitative estimate of drug-likeness (QED) is 0.265. The monoisotopic (exact) mass is 681 g/mol. The Bertz CT molecular complexity index is 1850. The molecule has 7 rings (SSSR count). The topological polar surface area (TPSA) is 117 Å². The molecule has 0 unspecified atom stereocenters. The van der Waals surface area contributed by atoms with Gasteiger partial charge in [0, 0.05) is 35.0 Å². The Morgan fingerprint density at radius 1 is 1.06 bits per heavy atom. The van der Waals surface area contributed by atoms with E-state index in [2.05, 4.69) is 0 Å². The third kappa shape index (κ3) is 5.40. The molecule has 1 saturated carbocycles. The number of thioether (sulfide) groups is 1. The second kappa shape index (κ2) is 12.9. The number of benzene rings is 2. The third-order valence-corrected chi connectivity index (χ3v) is 10.7. The number of ether oxygens (including phenoxy) is 4. The van der Waals surface area contributed by atoms with Crippen molar-refractivity contribution in [3.05, 3.63) is 92.9 Å². The molecule has 2 aromatic carbocycles. The number of nitrogens with zero attached hydrogens (tertiary/aromatic N) is 3. The highest BCUT2D eigenvalue weighted by Crippen LogP contribution is 2.46. The van der Waals surface area contributed by atoms with E-state index in [1.54, 1.807) is 11.0 Å². The maximum Gasteiger partial charge on any atom is 0.315 e. The van der Waals surface area contributed by atoms with Crippen LogP contribution in [0.5, 0.6) is 5.75 Å². The van der Waals surface area contributed by atoms with Crippen molar-refractivity contribution in [2.24, 2.45) is 5.41 Å². The minimum absolute atomic E-state index is 0.109. The summed E-state index contributed by atoms with van der Waals surface area (Å²) in [6.07, 6.45) is 3.01. The van der Waals surface area contributed by atoms with E-state index in [4.69, 9.17) is 18.9 Å². The van der Waals surface area contributed by atoms with Gasteiger partial charge < -0.3 is 23.8 Å². The van der Waals surface area contributed by atoms with Crippen LogP contribution in [0.2, 0.25) is 0 Å². The number of hydrogen-bond acceptors (Lipinski definition) is 10. The number of hydrogen-bond donors (Lipinski definition) is 0. The van der Waals surface area contributed by atoms with Gasteiger partial charge in [0.15, 0.2) is 17.3 Å². The fraction of sp³-hybridized carbons (Fsp3) is 0.412. The molecule has 1 aliphatic carbocycles. The van der Waals surface area contributed by atoms with E-state index in [-0.39, 0.29) is 48.9 Å². The maximum absolute atomic E-state index is 15.4. The number of morpholine rings is 1. The lowest BCUT2D eigenvalue weighted by molar-refractivity contribution is -0.167.